The van der Waals surface area contributed by atoms with Gasteiger partial charge in [-0.3, -0.25) is 0 Å². The maximum absolute atomic E-state index is 5.55. The fourth-order valence-corrected chi connectivity index (χ4v) is 1.63. The Kier molecular flexibility index (Phi) is 5.95. The minimum absolute atomic E-state index is 0. The molecule has 5 nitrogen and oxygen atoms in total. The van der Waals surface area contributed by atoms with Crippen molar-refractivity contribution < 1.29 is 9.26 Å². The number of halogens is 1. The molecule has 0 fully saturated rings. The minimum atomic E-state index is -0.181. The van der Waals surface area contributed by atoms with Crippen LogP contribution in [-0.2, 0) is 11.3 Å². The molecular weight excluding hydrogens is 266 g/mol. The highest BCUT2D eigenvalue weighted by Gasteiger charge is 2.14. The predicted molar refractivity (Wildman–Crippen MR) is 74.9 cm³/mol. The maximum Gasteiger partial charge on any atom is 0.255 e. The Morgan fingerprint density at radius 1 is 1.32 bits per heavy atom. The van der Waals surface area contributed by atoms with Gasteiger partial charge >= 0.3 is 0 Å². The van der Waals surface area contributed by atoms with E-state index in [4.69, 9.17) is 15.0 Å². The molecular formula is C13H18ClN3O2. The van der Waals surface area contributed by atoms with Gasteiger partial charge in [0.1, 0.15) is 6.10 Å². The third-order valence-electron chi connectivity index (χ3n) is 2.65. The predicted octanol–water partition coefficient (Wildman–Crippen LogP) is 2.71. The van der Waals surface area contributed by atoms with Gasteiger partial charge in [0.05, 0.1) is 0 Å². The van der Waals surface area contributed by atoms with Crippen molar-refractivity contribution in [2.45, 2.75) is 26.5 Å². The minimum Gasteiger partial charge on any atom is -0.369 e. The first-order valence-corrected chi connectivity index (χ1v) is 5.99. The van der Waals surface area contributed by atoms with Crippen LogP contribution >= 0.6 is 12.4 Å². The lowest BCUT2D eigenvalue weighted by atomic mass is 10.1. The van der Waals surface area contributed by atoms with E-state index in [0.29, 0.717) is 24.9 Å². The topological polar surface area (TPSA) is 74.2 Å². The van der Waals surface area contributed by atoms with E-state index in [1.165, 1.54) is 0 Å². The van der Waals surface area contributed by atoms with Gasteiger partial charge in [-0.2, -0.15) is 4.98 Å². The number of nitrogens with zero attached hydrogens (tertiary/aromatic N) is 2. The molecule has 1 aromatic carbocycles. The third kappa shape index (κ3) is 3.76. The molecule has 0 spiro atoms. The van der Waals surface area contributed by atoms with Gasteiger partial charge in [-0.1, -0.05) is 29.4 Å². The fourth-order valence-electron chi connectivity index (χ4n) is 1.63. The normalized spacial score (nSPS) is 11.9. The molecule has 0 aliphatic carbocycles. The van der Waals surface area contributed by atoms with Crippen molar-refractivity contribution in [1.82, 2.24) is 10.1 Å². The van der Waals surface area contributed by atoms with E-state index in [1.807, 2.05) is 38.1 Å². The summed E-state index contributed by atoms with van der Waals surface area (Å²) in [5.74, 6) is 1.06. The summed E-state index contributed by atoms with van der Waals surface area (Å²) in [6.45, 7) is 4.96. The summed E-state index contributed by atoms with van der Waals surface area (Å²) in [5, 5.41) is 3.95. The molecule has 0 radical (unpaired) electrons. The summed E-state index contributed by atoms with van der Waals surface area (Å²) >= 11 is 0. The summed E-state index contributed by atoms with van der Waals surface area (Å²) in [6, 6.07) is 7.78. The van der Waals surface area contributed by atoms with Gasteiger partial charge in [0.25, 0.3) is 5.89 Å². The van der Waals surface area contributed by atoms with Gasteiger partial charge in [-0.05, 0) is 19.4 Å². The molecule has 104 valence electrons. The Balaban J connectivity index is 0.00000180. The first-order chi connectivity index (χ1) is 8.74. The molecule has 0 bridgehead atoms. The summed E-state index contributed by atoms with van der Waals surface area (Å²) in [5.41, 5.74) is 7.53. The first-order valence-electron chi connectivity index (χ1n) is 5.99. The van der Waals surface area contributed by atoms with Crippen LogP contribution in [0.5, 0.6) is 0 Å². The molecule has 0 amide bonds. The zero-order valence-corrected chi connectivity index (χ0v) is 11.8. The first kappa shape index (κ1) is 15.6. The number of benzene rings is 1. The van der Waals surface area contributed by atoms with E-state index in [1.54, 1.807) is 0 Å². The van der Waals surface area contributed by atoms with Crippen LogP contribution in [-0.4, -0.2) is 16.7 Å². The second kappa shape index (κ2) is 7.23. The zero-order valence-electron chi connectivity index (χ0n) is 11.0. The maximum atomic E-state index is 5.55. The lowest BCUT2D eigenvalue weighted by molar-refractivity contribution is 0.0519. The molecule has 2 N–H and O–H groups in total. The number of nitrogens with two attached hydrogens (primary N) is 1. The summed E-state index contributed by atoms with van der Waals surface area (Å²) in [6.07, 6.45) is -0.181. The van der Waals surface area contributed by atoms with Crippen molar-refractivity contribution in [3.8, 4) is 11.4 Å². The summed E-state index contributed by atoms with van der Waals surface area (Å²) in [7, 11) is 0. The molecule has 0 saturated heterocycles. The standard InChI is InChI=1S/C13H17N3O2.ClH/c1-3-17-9(2)13-15-12(16-18-13)11-6-4-10(8-14)5-7-11;/h4-7,9H,3,8,14H2,1-2H3;1H. The van der Waals surface area contributed by atoms with Crippen molar-refractivity contribution in [3.05, 3.63) is 35.7 Å². The quantitative estimate of drug-likeness (QED) is 0.913. The number of hydrogen-bond donors (Lipinski definition) is 1. The van der Waals surface area contributed by atoms with Crippen LogP contribution in [0.15, 0.2) is 28.8 Å². The van der Waals surface area contributed by atoms with E-state index in [0.717, 1.165) is 11.1 Å². The second-order valence-corrected chi connectivity index (χ2v) is 3.95. The Labute approximate surface area is 118 Å². The second-order valence-electron chi connectivity index (χ2n) is 3.95. The van der Waals surface area contributed by atoms with Crippen LogP contribution in [0.2, 0.25) is 0 Å². The molecule has 0 aliphatic heterocycles. The Bertz CT molecular complexity index is 499. The van der Waals surface area contributed by atoms with Crippen molar-refractivity contribution in [3.63, 3.8) is 0 Å². The molecule has 6 heteroatoms. The Morgan fingerprint density at radius 2 is 2.00 bits per heavy atom. The monoisotopic (exact) mass is 283 g/mol. The SMILES string of the molecule is CCOC(C)c1nc(-c2ccc(CN)cc2)no1.Cl. The molecule has 0 aliphatic rings. The van der Waals surface area contributed by atoms with E-state index >= 15 is 0 Å². The number of ether oxygens (including phenoxy) is 1. The van der Waals surface area contributed by atoms with Crippen LogP contribution in [0.3, 0.4) is 0 Å². The van der Waals surface area contributed by atoms with E-state index in [9.17, 15) is 0 Å². The summed E-state index contributed by atoms with van der Waals surface area (Å²) < 4.78 is 10.6. The molecule has 1 aromatic heterocycles. The zero-order chi connectivity index (χ0) is 13.0. The van der Waals surface area contributed by atoms with Crippen molar-refractivity contribution in [2.75, 3.05) is 6.61 Å². The molecule has 1 unspecified atom stereocenters. The molecule has 1 heterocycles. The molecule has 0 saturated carbocycles. The summed E-state index contributed by atoms with van der Waals surface area (Å²) in [4.78, 5) is 4.32. The molecule has 1 atom stereocenters. The van der Waals surface area contributed by atoms with Crippen LogP contribution < -0.4 is 5.73 Å². The van der Waals surface area contributed by atoms with Gasteiger partial charge in [0.15, 0.2) is 0 Å². The van der Waals surface area contributed by atoms with E-state index in [-0.39, 0.29) is 18.5 Å². The Morgan fingerprint density at radius 3 is 2.58 bits per heavy atom. The fraction of sp³-hybridized carbons (Fsp3) is 0.385. The lowest BCUT2D eigenvalue weighted by Crippen LogP contribution is -1.99. The van der Waals surface area contributed by atoms with Crippen LogP contribution in [0, 0.1) is 0 Å². The Hall–Kier alpha value is -1.43. The van der Waals surface area contributed by atoms with E-state index in [2.05, 4.69) is 10.1 Å². The molecule has 2 rings (SSSR count). The lowest BCUT2D eigenvalue weighted by Gasteiger charge is -2.04. The van der Waals surface area contributed by atoms with Crippen LogP contribution in [0.4, 0.5) is 0 Å². The largest absolute Gasteiger partial charge is 0.369 e. The highest BCUT2D eigenvalue weighted by Crippen LogP contribution is 2.20. The third-order valence-corrected chi connectivity index (χ3v) is 2.65. The van der Waals surface area contributed by atoms with Gasteiger partial charge in [0, 0.05) is 18.7 Å². The number of aromatic nitrogens is 2. The smallest absolute Gasteiger partial charge is 0.255 e. The van der Waals surface area contributed by atoms with Crippen LogP contribution in [0.1, 0.15) is 31.4 Å². The highest BCUT2D eigenvalue weighted by atomic mass is 35.5. The molecule has 2 aromatic rings. The average Bonchev–Trinajstić information content (AvgIpc) is 2.89. The number of rotatable bonds is 5. The highest BCUT2D eigenvalue weighted by molar-refractivity contribution is 5.85. The van der Waals surface area contributed by atoms with Crippen LogP contribution in [0.25, 0.3) is 11.4 Å². The van der Waals surface area contributed by atoms with Gasteiger partial charge < -0.3 is 15.0 Å². The van der Waals surface area contributed by atoms with Gasteiger partial charge in [-0.25, -0.2) is 0 Å². The number of hydrogen-bond acceptors (Lipinski definition) is 5. The van der Waals surface area contributed by atoms with Gasteiger partial charge in [-0.15, -0.1) is 12.4 Å². The van der Waals surface area contributed by atoms with E-state index < -0.39 is 0 Å². The van der Waals surface area contributed by atoms with Crippen molar-refractivity contribution in [1.29, 1.82) is 0 Å². The van der Waals surface area contributed by atoms with Crippen molar-refractivity contribution >= 4 is 12.4 Å². The molecule has 19 heavy (non-hydrogen) atoms. The van der Waals surface area contributed by atoms with Crippen molar-refractivity contribution in [2.24, 2.45) is 5.73 Å². The average molecular weight is 284 g/mol. The van der Waals surface area contributed by atoms with Gasteiger partial charge in [0.2, 0.25) is 5.82 Å².